The number of thiophene rings is 1. The van der Waals surface area contributed by atoms with E-state index in [9.17, 15) is 10.1 Å². The Hall–Kier alpha value is -3.21. The lowest BCUT2D eigenvalue weighted by atomic mass is 9.97. The van der Waals surface area contributed by atoms with Crippen LogP contribution in [0.25, 0.3) is 22.4 Å². The van der Waals surface area contributed by atoms with E-state index in [1.165, 1.54) is 10.4 Å². The summed E-state index contributed by atoms with van der Waals surface area (Å²) in [6.07, 6.45) is 1.09. The molecular formula is C27H29N5OS. The molecule has 1 aliphatic rings. The first-order valence-corrected chi connectivity index (χ1v) is 12.5. The molecule has 1 aliphatic heterocycles. The zero-order valence-electron chi connectivity index (χ0n) is 20.1. The Balaban J connectivity index is 1.50. The lowest BCUT2D eigenvalue weighted by Gasteiger charge is -2.27. The van der Waals surface area contributed by atoms with Crippen LogP contribution in [-0.2, 0) is 33.1 Å². The lowest BCUT2D eigenvalue weighted by Crippen LogP contribution is -2.29. The van der Waals surface area contributed by atoms with Gasteiger partial charge in [-0.3, -0.25) is 14.0 Å². The van der Waals surface area contributed by atoms with Crippen LogP contribution in [0.4, 0.5) is 0 Å². The molecule has 4 aromatic rings. The predicted molar refractivity (Wildman–Crippen MR) is 137 cm³/mol. The smallest absolute Gasteiger partial charge is 0.294 e. The summed E-state index contributed by atoms with van der Waals surface area (Å²) in [5, 5.41) is 12.0. The Morgan fingerprint density at radius 3 is 2.76 bits per heavy atom. The van der Waals surface area contributed by atoms with E-state index in [1.807, 2.05) is 35.6 Å². The monoisotopic (exact) mass is 471 g/mol. The molecule has 0 unspecified atom stereocenters. The van der Waals surface area contributed by atoms with Crippen molar-refractivity contribution < 1.29 is 0 Å². The van der Waals surface area contributed by atoms with Gasteiger partial charge in [-0.25, -0.2) is 9.78 Å². The summed E-state index contributed by atoms with van der Waals surface area (Å²) in [5.41, 5.74) is 6.07. The molecule has 7 heteroatoms. The Bertz CT molecular complexity index is 1480. The fourth-order valence-corrected chi connectivity index (χ4v) is 5.64. The molecule has 174 valence electrons. The molecule has 0 bridgehead atoms. The van der Waals surface area contributed by atoms with Crippen LogP contribution in [0, 0.1) is 16.7 Å². The number of fused-ring (bicyclic) bond motifs is 2. The van der Waals surface area contributed by atoms with Crippen molar-refractivity contribution in [3.05, 3.63) is 73.8 Å². The van der Waals surface area contributed by atoms with E-state index in [2.05, 4.69) is 49.3 Å². The quantitative estimate of drug-likeness (QED) is 0.423. The Labute approximate surface area is 203 Å². The number of aryl methyl sites for hydroxylation is 1. The van der Waals surface area contributed by atoms with Crippen molar-refractivity contribution in [1.82, 2.24) is 19.0 Å². The Morgan fingerprint density at radius 2 is 2.00 bits per heavy atom. The first-order chi connectivity index (χ1) is 16.2. The van der Waals surface area contributed by atoms with Crippen LogP contribution in [0.2, 0.25) is 0 Å². The summed E-state index contributed by atoms with van der Waals surface area (Å²) < 4.78 is 3.40. The minimum Gasteiger partial charge on any atom is -0.294 e. The van der Waals surface area contributed by atoms with Crippen molar-refractivity contribution in [2.24, 2.45) is 12.5 Å². The first-order valence-electron chi connectivity index (χ1n) is 11.6. The highest BCUT2D eigenvalue weighted by molar-refractivity contribution is 7.10. The van der Waals surface area contributed by atoms with Gasteiger partial charge in [0.05, 0.1) is 22.8 Å². The average Bonchev–Trinajstić information content (AvgIpc) is 3.36. The highest BCUT2D eigenvalue weighted by Crippen LogP contribution is 2.29. The summed E-state index contributed by atoms with van der Waals surface area (Å²) in [5.74, 6) is 0. The van der Waals surface area contributed by atoms with Gasteiger partial charge in [0.25, 0.3) is 0 Å². The highest BCUT2D eigenvalue weighted by atomic mass is 32.1. The number of pyridine rings is 1. The van der Waals surface area contributed by atoms with Crippen molar-refractivity contribution in [3.63, 3.8) is 0 Å². The van der Waals surface area contributed by atoms with Crippen LogP contribution in [-0.4, -0.2) is 25.6 Å². The molecule has 0 radical (unpaired) electrons. The van der Waals surface area contributed by atoms with Crippen molar-refractivity contribution >= 4 is 22.5 Å². The minimum atomic E-state index is -0.0678. The molecule has 4 heterocycles. The van der Waals surface area contributed by atoms with Crippen molar-refractivity contribution in [2.75, 3.05) is 6.54 Å². The maximum absolute atomic E-state index is 12.9. The summed E-state index contributed by atoms with van der Waals surface area (Å²) in [4.78, 5) is 21.7. The second kappa shape index (κ2) is 8.53. The number of nitrogens with zero attached hydrogens (tertiary/aromatic N) is 5. The topological polar surface area (TPSA) is 66.8 Å². The first kappa shape index (κ1) is 22.6. The fourth-order valence-electron chi connectivity index (χ4n) is 4.75. The van der Waals surface area contributed by atoms with Crippen molar-refractivity contribution in [1.29, 1.82) is 5.26 Å². The highest BCUT2D eigenvalue weighted by Gasteiger charge is 2.21. The molecule has 34 heavy (non-hydrogen) atoms. The van der Waals surface area contributed by atoms with Crippen LogP contribution >= 0.6 is 11.3 Å². The molecule has 0 fully saturated rings. The van der Waals surface area contributed by atoms with Gasteiger partial charge in [-0.15, -0.1) is 11.3 Å². The van der Waals surface area contributed by atoms with Gasteiger partial charge >= 0.3 is 5.69 Å². The summed E-state index contributed by atoms with van der Waals surface area (Å²) in [7, 11) is 1.76. The molecular weight excluding hydrogens is 442 g/mol. The molecule has 6 nitrogen and oxygen atoms in total. The van der Waals surface area contributed by atoms with E-state index >= 15 is 0 Å². The third-order valence-electron chi connectivity index (χ3n) is 6.39. The molecule has 0 saturated heterocycles. The van der Waals surface area contributed by atoms with E-state index in [0.29, 0.717) is 23.4 Å². The third-order valence-corrected chi connectivity index (χ3v) is 7.41. The van der Waals surface area contributed by atoms with E-state index < -0.39 is 0 Å². The van der Waals surface area contributed by atoms with Crippen molar-refractivity contribution in [3.8, 4) is 17.3 Å². The maximum Gasteiger partial charge on any atom is 0.330 e. The molecule has 0 aliphatic carbocycles. The van der Waals surface area contributed by atoms with Crippen LogP contribution in [0.3, 0.4) is 0 Å². The molecule has 0 N–H and O–H groups in total. The van der Waals surface area contributed by atoms with Gasteiger partial charge in [-0.1, -0.05) is 26.8 Å². The molecule has 1 aromatic carbocycles. The summed E-state index contributed by atoms with van der Waals surface area (Å²) >= 11 is 1.85. The Kier molecular flexibility index (Phi) is 5.67. The molecule has 0 atom stereocenters. The van der Waals surface area contributed by atoms with Crippen molar-refractivity contribution in [2.45, 2.75) is 46.8 Å². The van der Waals surface area contributed by atoms with E-state index in [-0.39, 0.29) is 11.1 Å². The van der Waals surface area contributed by atoms with Gasteiger partial charge in [0.2, 0.25) is 0 Å². The van der Waals surface area contributed by atoms with Crippen LogP contribution in [0.1, 0.15) is 42.3 Å². The number of nitriles is 1. The number of imidazole rings is 1. The normalized spacial score (nSPS) is 14.3. The van der Waals surface area contributed by atoms with Gasteiger partial charge in [0.15, 0.2) is 5.65 Å². The van der Waals surface area contributed by atoms with E-state index in [0.717, 1.165) is 42.7 Å². The third kappa shape index (κ3) is 4.20. The lowest BCUT2D eigenvalue weighted by molar-refractivity contribution is 0.247. The SMILES string of the molecule is Cn1c(=O)n(CC(C)(C)C)c2ccc(-c3cc(CN4CCc5sccc5C4)ccc3C#N)nc21. The molecule has 0 saturated carbocycles. The standard InChI is InChI=1S/C27H29N5OS/c1-27(2,3)17-32-23-8-7-22(29-25(23)30(4)26(32)33)21-13-18(5-6-19(21)14-28)15-31-11-9-24-20(16-31)10-12-34-24/h5-8,10,12-13H,9,11,15-17H2,1-4H3. The van der Waals surface area contributed by atoms with Crippen LogP contribution in [0.5, 0.6) is 0 Å². The zero-order chi connectivity index (χ0) is 24.0. The fraction of sp³-hybridized carbons (Fsp3) is 0.370. The number of rotatable bonds is 4. The van der Waals surface area contributed by atoms with Gasteiger partial charge < -0.3 is 0 Å². The van der Waals surface area contributed by atoms with E-state index in [1.54, 1.807) is 16.2 Å². The minimum absolute atomic E-state index is 0.0304. The Morgan fingerprint density at radius 1 is 1.18 bits per heavy atom. The van der Waals surface area contributed by atoms with Gasteiger partial charge in [0.1, 0.15) is 0 Å². The molecule has 0 amide bonds. The van der Waals surface area contributed by atoms with Crippen LogP contribution < -0.4 is 5.69 Å². The number of hydrogen-bond acceptors (Lipinski definition) is 5. The van der Waals surface area contributed by atoms with Crippen LogP contribution in [0.15, 0.2) is 46.6 Å². The van der Waals surface area contributed by atoms with E-state index in [4.69, 9.17) is 4.98 Å². The predicted octanol–water partition coefficient (Wildman–Crippen LogP) is 4.94. The molecule has 5 rings (SSSR count). The largest absolute Gasteiger partial charge is 0.330 e. The van der Waals surface area contributed by atoms with Gasteiger partial charge in [0, 0.05) is 43.7 Å². The average molecular weight is 472 g/mol. The summed E-state index contributed by atoms with van der Waals surface area (Å²) in [6.45, 7) is 9.80. The molecule has 3 aromatic heterocycles. The number of hydrogen-bond donors (Lipinski definition) is 0. The number of aromatic nitrogens is 3. The maximum atomic E-state index is 12.9. The summed E-state index contributed by atoms with van der Waals surface area (Å²) in [6, 6.07) is 14.4. The second-order valence-corrected chi connectivity index (χ2v) is 11.3. The molecule has 0 spiro atoms. The second-order valence-electron chi connectivity index (χ2n) is 10.3. The zero-order valence-corrected chi connectivity index (χ0v) is 20.9. The van der Waals surface area contributed by atoms with Gasteiger partial charge in [-0.2, -0.15) is 5.26 Å². The van der Waals surface area contributed by atoms with Gasteiger partial charge in [-0.05, 0) is 58.7 Å². The number of benzene rings is 1.